The molecule has 0 heterocycles. The topological polar surface area (TPSA) is 80.9 Å². The van der Waals surface area contributed by atoms with Crippen LogP contribution in [-0.2, 0) is 18.3 Å². The van der Waals surface area contributed by atoms with Crippen molar-refractivity contribution in [3.05, 3.63) is 131 Å². The van der Waals surface area contributed by atoms with E-state index in [2.05, 4.69) is 13.2 Å². The third kappa shape index (κ3) is 3.07. The lowest BCUT2D eigenvalue weighted by Crippen LogP contribution is -2.29. The van der Waals surface area contributed by atoms with Crippen molar-refractivity contribution in [2.75, 3.05) is 0 Å². The molecular weight excluding hydrogens is 436 g/mol. The van der Waals surface area contributed by atoms with Crippen LogP contribution in [0.25, 0.3) is 11.1 Å². The molecule has 0 atom stereocenters. The second-order valence-corrected chi connectivity index (χ2v) is 8.77. The summed E-state index contributed by atoms with van der Waals surface area (Å²) >= 11 is 0. The average molecular weight is 463 g/mol. The number of allylic oxidation sites excluding steroid dienone is 2. The van der Waals surface area contributed by atoms with Gasteiger partial charge in [-0.1, -0.05) is 84.9 Å². The highest BCUT2D eigenvalue weighted by Crippen LogP contribution is 2.61. The Kier molecular flexibility index (Phi) is 5.37. The predicted octanol–water partition coefficient (Wildman–Crippen LogP) is 6.33. The fourth-order valence-corrected chi connectivity index (χ4v) is 5.45. The molecule has 35 heavy (non-hydrogen) atoms. The van der Waals surface area contributed by atoms with Crippen molar-refractivity contribution >= 4 is 0 Å². The molecule has 0 saturated carbocycles. The first-order chi connectivity index (χ1) is 17.0. The first-order valence-corrected chi connectivity index (χ1v) is 11.5. The summed E-state index contributed by atoms with van der Waals surface area (Å²) in [6, 6.07) is 22.7. The van der Waals surface area contributed by atoms with E-state index in [-0.39, 0.29) is 23.0 Å². The Balaban J connectivity index is 1.95. The van der Waals surface area contributed by atoms with E-state index in [0.29, 0.717) is 35.1 Å². The van der Waals surface area contributed by atoms with Crippen LogP contribution in [0.1, 0.15) is 33.4 Å². The molecule has 0 fully saturated rings. The van der Waals surface area contributed by atoms with Crippen LogP contribution < -0.4 is 0 Å². The van der Waals surface area contributed by atoms with Gasteiger partial charge in [-0.25, -0.2) is 0 Å². The number of hydrogen-bond donors (Lipinski definition) is 4. The number of rotatable bonds is 6. The molecular formula is C31H26O4. The van der Waals surface area contributed by atoms with Crippen LogP contribution in [-0.4, -0.2) is 20.4 Å². The van der Waals surface area contributed by atoms with Crippen molar-refractivity contribution in [1.29, 1.82) is 0 Å². The van der Waals surface area contributed by atoms with Crippen LogP contribution >= 0.6 is 0 Å². The first kappa shape index (κ1) is 22.4. The molecule has 4 aromatic rings. The van der Waals surface area contributed by atoms with Gasteiger partial charge >= 0.3 is 0 Å². The van der Waals surface area contributed by atoms with Crippen molar-refractivity contribution in [2.24, 2.45) is 0 Å². The minimum atomic E-state index is -1.18. The van der Waals surface area contributed by atoms with Crippen molar-refractivity contribution in [1.82, 2.24) is 0 Å². The molecule has 0 aromatic heterocycles. The van der Waals surface area contributed by atoms with Crippen molar-refractivity contribution < 1.29 is 20.4 Å². The number of fused-ring (bicyclic) bond motifs is 3. The van der Waals surface area contributed by atoms with E-state index >= 15 is 0 Å². The van der Waals surface area contributed by atoms with Gasteiger partial charge in [0.25, 0.3) is 0 Å². The Hall–Kier alpha value is -4.44. The molecule has 1 aliphatic carbocycles. The monoisotopic (exact) mass is 462 g/mol. The minimum Gasteiger partial charge on any atom is -0.504 e. The molecule has 4 N–H and O–H groups in total. The lowest BCUT2D eigenvalue weighted by Gasteiger charge is -2.35. The van der Waals surface area contributed by atoms with E-state index in [4.69, 9.17) is 0 Å². The van der Waals surface area contributed by atoms with Crippen molar-refractivity contribution in [3.63, 3.8) is 0 Å². The zero-order valence-electron chi connectivity index (χ0n) is 19.2. The molecule has 4 nitrogen and oxygen atoms in total. The van der Waals surface area contributed by atoms with Gasteiger partial charge < -0.3 is 20.4 Å². The highest BCUT2D eigenvalue weighted by Gasteiger charge is 2.49. The van der Waals surface area contributed by atoms with Gasteiger partial charge in [-0.3, -0.25) is 0 Å². The highest BCUT2D eigenvalue weighted by atomic mass is 16.3. The standard InChI is InChI=1S/C31H26O4/c1-3-9-19-15-17-25(29(34)27(19)32)31(26-18-16-20(10-4-2)28(33)30(26)35)23-13-7-5-11-21(23)22-12-6-8-14-24(22)31/h3-8,11-18,32-35H,1-2,9-10H2. The summed E-state index contributed by atoms with van der Waals surface area (Å²) in [5.74, 6) is -0.999. The van der Waals surface area contributed by atoms with E-state index in [1.54, 1.807) is 36.4 Å². The van der Waals surface area contributed by atoms with Crippen LogP contribution in [0.2, 0.25) is 0 Å². The van der Waals surface area contributed by atoms with Gasteiger partial charge in [0.1, 0.15) is 0 Å². The Bertz CT molecular complexity index is 1370. The van der Waals surface area contributed by atoms with E-state index in [1.807, 2.05) is 48.5 Å². The second-order valence-electron chi connectivity index (χ2n) is 8.77. The largest absolute Gasteiger partial charge is 0.504 e. The molecule has 0 spiro atoms. The summed E-state index contributed by atoms with van der Waals surface area (Å²) in [7, 11) is 0. The maximum absolute atomic E-state index is 11.4. The Labute approximate surface area is 204 Å². The first-order valence-electron chi connectivity index (χ1n) is 11.5. The maximum atomic E-state index is 11.4. The smallest absolute Gasteiger partial charge is 0.162 e. The van der Waals surface area contributed by atoms with Gasteiger partial charge in [0, 0.05) is 22.3 Å². The molecule has 1 aliphatic rings. The fourth-order valence-electron chi connectivity index (χ4n) is 5.45. The summed E-state index contributed by atoms with van der Waals surface area (Å²) in [4.78, 5) is 0. The van der Waals surface area contributed by atoms with Crippen LogP contribution in [0.4, 0.5) is 0 Å². The number of phenols is 4. The Morgan fingerprint density at radius 3 is 1.31 bits per heavy atom. The van der Waals surface area contributed by atoms with Crippen LogP contribution in [0.3, 0.4) is 0 Å². The van der Waals surface area contributed by atoms with Gasteiger partial charge in [0.2, 0.25) is 0 Å². The summed E-state index contributed by atoms with van der Waals surface area (Å²) in [5.41, 5.74) is 4.29. The number of benzene rings is 4. The third-order valence-electron chi connectivity index (χ3n) is 6.96. The van der Waals surface area contributed by atoms with Gasteiger partial charge in [-0.15, -0.1) is 13.2 Å². The lowest BCUT2D eigenvalue weighted by molar-refractivity contribution is 0.384. The predicted molar refractivity (Wildman–Crippen MR) is 138 cm³/mol. The molecule has 0 saturated heterocycles. The zero-order valence-corrected chi connectivity index (χ0v) is 19.2. The average Bonchev–Trinajstić information content (AvgIpc) is 3.17. The molecule has 174 valence electrons. The molecule has 0 bridgehead atoms. The van der Waals surface area contributed by atoms with E-state index < -0.39 is 5.41 Å². The van der Waals surface area contributed by atoms with E-state index in [9.17, 15) is 20.4 Å². The lowest BCUT2D eigenvalue weighted by atomic mass is 9.66. The third-order valence-corrected chi connectivity index (χ3v) is 6.96. The maximum Gasteiger partial charge on any atom is 0.162 e. The quantitative estimate of drug-likeness (QED) is 0.176. The number of phenolic OH excluding ortho intramolecular Hbond substituents is 4. The van der Waals surface area contributed by atoms with Crippen molar-refractivity contribution in [2.45, 2.75) is 18.3 Å². The summed E-state index contributed by atoms with van der Waals surface area (Å²) in [6.45, 7) is 7.46. The molecule has 4 heteroatoms. The number of hydrogen-bond acceptors (Lipinski definition) is 4. The van der Waals surface area contributed by atoms with E-state index in [0.717, 1.165) is 22.3 Å². The molecule has 0 aliphatic heterocycles. The van der Waals surface area contributed by atoms with Crippen LogP contribution in [0.5, 0.6) is 23.0 Å². The van der Waals surface area contributed by atoms with Gasteiger partial charge in [-0.2, -0.15) is 0 Å². The second kappa shape index (κ2) is 8.41. The molecule has 0 radical (unpaired) electrons. The summed E-state index contributed by atoms with van der Waals surface area (Å²) in [6.07, 6.45) is 4.10. The highest BCUT2D eigenvalue weighted by molar-refractivity contribution is 5.88. The van der Waals surface area contributed by atoms with Crippen molar-refractivity contribution in [3.8, 4) is 34.1 Å². The zero-order chi connectivity index (χ0) is 24.7. The normalized spacial score (nSPS) is 13.1. The van der Waals surface area contributed by atoms with Crippen LogP contribution in [0.15, 0.2) is 98.1 Å². The summed E-state index contributed by atoms with van der Waals surface area (Å²) < 4.78 is 0. The Morgan fingerprint density at radius 2 is 0.914 bits per heavy atom. The van der Waals surface area contributed by atoms with Gasteiger partial charge in [-0.05, 0) is 35.1 Å². The van der Waals surface area contributed by atoms with Crippen LogP contribution in [0, 0.1) is 0 Å². The molecule has 4 aromatic carbocycles. The van der Waals surface area contributed by atoms with Gasteiger partial charge in [0.05, 0.1) is 5.41 Å². The van der Waals surface area contributed by atoms with E-state index in [1.165, 1.54) is 0 Å². The molecule has 0 amide bonds. The fraction of sp³-hybridized carbons (Fsp3) is 0.0968. The SMILES string of the molecule is C=CCc1ccc(C2(c3ccc(CC=C)c(O)c3O)c3ccccc3-c3ccccc32)c(O)c1O. The number of aromatic hydroxyl groups is 4. The van der Waals surface area contributed by atoms with Gasteiger partial charge in [0.15, 0.2) is 23.0 Å². The minimum absolute atomic E-state index is 0.226. The Morgan fingerprint density at radius 1 is 0.514 bits per heavy atom. The molecule has 5 rings (SSSR count). The summed E-state index contributed by atoms with van der Waals surface area (Å²) in [5, 5.41) is 44.7. The molecule has 0 unspecified atom stereocenters.